The van der Waals surface area contributed by atoms with Gasteiger partial charge in [-0.05, 0) is 43.1 Å². The molecule has 4 nitrogen and oxygen atoms in total. The van der Waals surface area contributed by atoms with Crippen LogP contribution in [0.25, 0.3) is 10.9 Å². The molecule has 2 aromatic rings. The first-order chi connectivity index (χ1) is 7.99. The molecule has 90 valence electrons. The number of rotatable bonds is 2. The van der Waals surface area contributed by atoms with Gasteiger partial charge in [0.2, 0.25) is 5.28 Å². The Morgan fingerprint density at radius 3 is 2.88 bits per heavy atom. The molecule has 1 N–H and O–H groups in total. The van der Waals surface area contributed by atoms with E-state index in [1.807, 2.05) is 19.1 Å². The number of hydrogen-bond acceptors (Lipinski definition) is 3. The van der Waals surface area contributed by atoms with Gasteiger partial charge < -0.3 is 5.11 Å². The maximum absolute atomic E-state index is 12.1. The van der Waals surface area contributed by atoms with Crippen LogP contribution in [0.2, 0.25) is 5.28 Å². The lowest BCUT2D eigenvalue weighted by Gasteiger charge is -2.11. The molecule has 1 aromatic heterocycles. The van der Waals surface area contributed by atoms with Crippen molar-refractivity contribution in [1.29, 1.82) is 0 Å². The summed E-state index contributed by atoms with van der Waals surface area (Å²) in [7, 11) is 0. The van der Waals surface area contributed by atoms with Crippen LogP contribution in [-0.2, 0) is 6.54 Å². The maximum Gasteiger partial charge on any atom is 0.262 e. The van der Waals surface area contributed by atoms with E-state index >= 15 is 0 Å². The van der Waals surface area contributed by atoms with Crippen LogP contribution in [-0.4, -0.2) is 20.8 Å². The first-order valence-electron chi connectivity index (χ1n) is 5.34. The first-order valence-corrected chi connectivity index (χ1v) is 5.71. The molecule has 0 bridgehead atoms. The van der Waals surface area contributed by atoms with Crippen LogP contribution >= 0.6 is 11.6 Å². The smallest absolute Gasteiger partial charge is 0.262 e. The number of aromatic nitrogens is 2. The van der Waals surface area contributed by atoms with Crippen molar-refractivity contribution < 1.29 is 5.11 Å². The summed E-state index contributed by atoms with van der Waals surface area (Å²) >= 11 is 5.95. The van der Waals surface area contributed by atoms with Gasteiger partial charge in [-0.15, -0.1) is 0 Å². The maximum atomic E-state index is 12.1. The minimum absolute atomic E-state index is 0.106. The van der Waals surface area contributed by atoms with E-state index in [1.165, 1.54) is 4.57 Å². The van der Waals surface area contributed by atoms with Crippen molar-refractivity contribution in [1.82, 2.24) is 9.55 Å². The second-order valence-corrected chi connectivity index (χ2v) is 4.50. The predicted molar refractivity (Wildman–Crippen MR) is 67.4 cm³/mol. The molecule has 0 aliphatic carbocycles. The summed E-state index contributed by atoms with van der Waals surface area (Å²) in [6.45, 7) is 3.67. The van der Waals surface area contributed by atoms with Gasteiger partial charge in [0.25, 0.3) is 5.56 Å². The fourth-order valence-electron chi connectivity index (χ4n) is 1.73. The minimum Gasteiger partial charge on any atom is -0.392 e. The van der Waals surface area contributed by atoms with Crippen LogP contribution in [0.5, 0.6) is 0 Å². The van der Waals surface area contributed by atoms with E-state index in [1.54, 1.807) is 13.0 Å². The van der Waals surface area contributed by atoms with Gasteiger partial charge in [0.1, 0.15) is 0 Å². The van der Waals surface area contributed by atoms with Crippen molar-refractivity contribution in [2.24, 2.45) is 0 Å². The third-order valence-electron chi connectivity index (χ3n) is 2.51. The molecule has 1 atom stereocenters. The van der Waals surface area contributed by atoms with E-state index in [0.29, 0.717) is 10.9 Å². The van der Waals surface area contributed by atoms with Crippen LogP contribution < -0.4 is 5.56 Å². The summed E-state index contributed by atoms with van der Waals surface area (Å²) in [6.07, 6.45) is -0.644. The molecular weight excluding hydrogens is 240 g/mol. The highest BCUT2D eigenvalue weighted by atomic mass is 35.5. The van der Waals surface area contributed by atoms with Crippen molar-refractivity contribution in [2.75, 3.05) is 0 Å². The zero-order valence-electron chi connectivity index (χ0n) is 9.64. The van der Waals surface area contributed by atoms with Gasteiger partial charge >= 0.3 is 0 Å². The lowest BCUT2D eigenvalue weighted by atomic mass is 10.2. The van der Waals surface area contributed by atoms with E-state index in [9.17, 15) is 9.90 Å². The third kappa shape index (κ3) is 2.33. The van der Waals surface area contributed by atoms with Crippen LogP contribution in [0.3, 0.4) is 0 Å². The Bertz CT molecular complexity index is 620. The second kappa shape index (κ2) is 4.47. The van der Waals surface area contributed by atoms with Crippen molar-refractivity contribution in [3.05, 3.63) is 39.4 Å². The number of aryl methyl sites for hydroxylation is 1. The molecule has 0 saturated heterocycles. The number of fused-ring (bicyclic) bond motifs is 1. The highest BCUT2D eigenvalue weighted by molar-refractivity contribution is 6.28. The lowest BCUT2D eigenvalue weighted by molar-refractivity contribution is 0.172. The molecule has 2 rings (SSSR count). The Hall–Kier alpha value is -1.39. The van der Waals surface area contributed by atoms with Gasteiger partial charge in [0.15, 0.2) is 0 Å². The van der Waals surface area contributed by atoms with Gasteiger partial charge in [-0.2, -0.15) is 0 Å². The average molecular weight is 253 g/mol. The molecule has 0 aliphatic heterocycles. The summed E-state index contributed by atoms with van der Waals surface area (Å²) in [6, 6.07) is 5.40. The van der Waals surface area contributed by atoms with Crippen LogP contribution in [0.1, 0.15) is 12.5 Å². The van der Waals surface area contributed by atoms with E-state index in [4.69, 9.17) is 11.6 Å². The number of aliphatic hydroxyl groups is 1. The molecule has 5 heteroatoms. The molecule has 1 aromatic carbocycles. The fourth-order valence-corrected chi connectivity index (χ4v) is 1.96. The van der Waals surface area contributed by atoms with Crippen molar-refractivity contribution in [2.45, 2.75) is 26.5 Å². The van der Waals surface area contributed by atoms with Crippen LogP contribution in [0.4, 0.5) is 0 Å². The highest BCUT2D eigenvalue weighted by Gasteiger charge is 2.10. The number of aliphatic hydroxyl groups excluding tert-OH is 1. The first kappa shape index (κ1) is 12.1. The minimum atomic E-state index is -0.644. The van der Waals surface area contributed by atoms with Gasteiger partial charge in [0, 0.05) is 0 Å². The molecule has 0 spiro atoms. The molecule has 0 fully saturated rings. The van der Waals surface area contributed by atoms with Crippen LogP contribution in [0.15, 0.2) is 23.0 Å². The van der Waals surface area contributed by atoms with Crippen molar-refractivity contribution in [3.63, 3.8) is 0 Å². The Morgan fingerprint density at radius 1 is 1.53 bits per heavy atom. The van der Waals surface area contributed by atoms with Crippen molar-refractivity contribution in [3.8, 4) is 0 Å². The molecular formula is C12H13ClN2O2. The monoisotopic (exact) mass is 252 g/mol. The quantitative estimate of drug-likeness (QED) is 0.829. The summed E-state index contributed by atoms with van der Waals surface area (Å²) in [5, 5.41) is 9.94. The summed E-state index contributed by atoms with van der Waals surface area (Å²) in [4.78, 5) is 16.3. The number of halogens is 1. The van der Waals surface area contributed by atoms with Gasteiger partial charge in [-0.3, -0.25) is 9.36 Å². The summed E-state index contributed by atoms with van der Waals surface area (Å²) < 4.78 is 1.28. The third-order valence-corrected chi connectivity index (χ3v) is 2.80. The second-order valence-electron chi connectivity index (χ2n) is 4.17. The summed E-state index contributed by atoms with van der Waals surface area (Å²) in [5.74, 6) is 0. The number of hydrogen-bond donors (Lipinski definition) is 1. The number of benzene rings is 1. The molecule has 0 radical (unpaired) electrons. The van der Waals surface area contributed by atoms with E-state index in [0.717, 1.165) is 5.56 Å². The Labute approximate surface area is 103 Å². The molecule has 0 aliphatic rings. The summed E-state index contributed by atoms with van der Waals surface area (Å²) in [5.41, 5.74) is 1.39. The predicted octanol–water partition coefficient (Wildman–Crippen LogP) is 1.74. The largest absolute Gasteiger partial charge is 0.392 e. The lowest BCUT2D eigenvalue weighted by Crippen LogP contribution is -2.26. The van der Waals surface area contributed by atoms with Gasteiger partial charge in [-0.1, -0.05) is 6.07 Å². The number of nitrogens with zero attached hydrogens (tertiary/aromatic N) is 2. The topological polar surface area (TPSA) is 55.1 Å². The van der Waals surface area contributed by atoms with Crippen LogP contribution in [0, 0.1) is 6.92 Å². The van der Waals surface area contributed by atoms with Gasteiger partial charge in [0.05, 0.1) is 23.6 Å². The van der Waals surface area contributed by atoms with E-state index in [2.05, 4.69) is 4.98 Å². The van der Waals surface area contributed by atoms with Gasteiger partial charge in [-0.25, -0.2) is 4.98 Å². The molecule has 17 heavy (non-hydrogen) atoms. The molecule has 1 unspecified atom stereocenters. The zero-order valence-corrected chi connectivity index (χ0v) is 10.4. The fraction of sp³-hybridized carbons (Fsp3) is 0.333. The van der Waals surface area contributed by atoms with E-state index in [-0.39, 0.29) is 17.4 Å². The average Bonchev–Trinajstić information content (AvgIpc) is 2.23. The Morgan fingerprint density at radius 2 is 2.24 bits per heavy atom. The highest BCUT2D eigenvalue weighted by Crippen LogP contribution is 2.13. The molecule has 1 heterocycles. The zero-order chi connectivity index (χ0) is 12.6. The van der Waals surface area contributed by atoms with Crippen molar-refractivity contribution >= 4 is 22.5 Å². The molecule has 0 amide bonds. The Kier molecular flexibility index (Phi) is 3.17. The molecule has 0 saturated carbocycles. The van der Waals surface area contributed by atoms with E-state index < -0.39 is 6.10 Å². The standard InChI is InChI=1S/C12H13ClN2O2/c1-7-3-4-9-10(5-7)14-12(13)15(11(9)17)6-8(2)16/h3-5,8,16H,6H2,1-2H3. The Balaban J connectivity index is 2.72. The normalized spacial score (nSPS) is 12.9. The SMILES string of the molecule is Cc1ccc2c(=O)n(CC(C)O)c(Cl)nc2c1.